The summed E-state index contributed by atoms with van der Waals surface area (Å²) in [5.41, 5.74) is 4.69. The van der Waals surface area contributed by atoms with Gasteiger partial charge in [-0.1, -0.05) is 69.3 Å². The number of carbonyl (C=O) groups excluding carboxylic acids is 2. The summed E-state index contributed by atoms with van der Waals surface area (Å²) in [4.78, 5) is 29.9. The van der Waals surface area contributed by atoms with E-state index in [4.69, 9.17) is 13.9 Å². The molecule has 9 heteroatoms. The molecule has 1 heterocycles. The summed E-state index contributed by atoms with van der Waals surface area (Å²) in [7, 11) is -0.595. The van der Waals surface area contributed by atoms with Crippen LogP contribution in [0.3, 0.4) is 0 Å². The van der Waals surface area contributed by atoms with E-state index in [1.807, 2.05) is 31.2 Å². The molecule has 0 aromatic heterocycles. The Labute approximate surface area is 230 Å². The molecule has 0 fully saturated rings. The molecule has 0 unspecified atom stereocenters. The fourth-order valence-corrected chi connectivity index (χ4v) is 9.52. The highest BCUT2D eigenvalue weighted by Crippen LogP contribution is 2.44. The van der Waals surface area contributed by atoms with Crippen LogP contribution in [0.25, 0.3) is 11.1 Å². The van der Waals surface area contributed by atoms with Crippen molar-refractivity contribution in [3.63, 3.8) is 0 Å². The van der Waals surface area contributed by atoms with Crippen molar-refractivity contribution < 1.29 is 23.5 Å². The van der Waals surface area contributed by atoms with Gasteiger partial charge in [0.05, 0.1) is 18.3 Å². The molecule has 204 valence electrons. The van der Waals surface area contributed by atoms with Gasteiger partial charge in [-0.15, -0.1) is 11.8 Å². The van der Waals surface area contributed by atoms with Gasteiger partial charge in [-0.2, -0.15) is 0 Å². The van der Waals surface area contributed by atoms with E-state index in [0.29, 0.717) is 10.8 Å². The molecule has 1 amide bonds. The van der Waals surface area contributed by atoms with Crippen molar-refractivity contribution >= 4 is 37.2 Å². The minimum absolute atomic E-state index is 0.0255. The highest BCUT2D eigenvalue weighted by Gasteiger charge is 2.39. The first-order chi connectivity index (χ1) is 18.4. The lowest BCUT2D eigenvalue weighted by molar-refractivity contribution is -0.141. The van der Waals surface area contributed by atoms with Gasteiger partial charge in [0, 0.05) is 11.7 Å². The van der Waals surface area contributed by atoms with Crippen molar-refractivity contribution in [3.8, 4) is 11.1 Å². The fraction of sp³-hybridized carbons (Fsp3) is 0.483. The van der Waals surface area contributed by atoms with Crippen LogP contribution in [0.5, 0.6) is 0 Å². The van der Waals surface area contributed by atoms with E-state index >= 15 is 0 Å². The van der Waals surface area contributed by atoms with Crippen molar-refractivity contribution in [2.75, 3.05) is 19.5 Å². The number of nitrogens with one attached hydrogen (secondary N) is 1. The Balaban J connectivity index is 1.51. The van der Waals surface area contributed by atoms with E-state index in [9.17, 15) is 9.59 Å². The summed E-state index contributed by atoms with van der Waals surface area (Å²) >= 11 is 1.46. The molecule has 0 saturated carbocycles. The molecule has 1 N–H and O–H groups in total. The number of ether oxygens (including phenoxy) is 2. The Morgan fingerprint density at radius 2 is 1.61 bits per heavy atom. The van der Waals surface area contributed by atoms with Crippen LogP contribution in [0, 0.1) is 0 Å². The van der Waals surface area contributed by atoms with E-state index in [0.717, 1.165) is 29.3 Å². The van der Waals surface area contributed by atoms with E-state index in [1.165, 1.54) is 30.0 Å². The van der Waals surface area contributed by atoms with Gasteiger partial charge < -0.3 is 19.2 Å². The van der Waals surface area contributed by atoms with Crippen LogP contribution in [-0.2, 0) is 18.7 Å². The SMILES string of the molecule is CC[Si](CC)(CC)O[C@H](C)[C@H](NC(=O)OCC1c2ccccc2-c2ccccc21)C1=N[C@@H](C(=O)OC)CS1. The summed E-state index contributed by atoms with van der Waals surface area (Å²) in [5, 5.41) is 3.71. The van der Waals surface area contributed by atoms with E-state index in [2.05, 4.69) is 55.3 Å². The first kappa shape index (κ1) is 28.4. The molecule has 3 atom stereocenters. The van der Waals surface area contributed by atoms with Gasteiger partial charge in [-0.25, -0.2) is 9.59 Å². The number of methoxy groups -OCH3 is 1. The number of alkyl carbamates (subject to hydrolysis) is 1. The van der Waals surface area contributed by atoms with Crippen molar-refractivity contribution in [1.29, 1.82) is 0 Å². The molecular formula is C29H38N2O5SSi. The minimum atomic E-state index is -1.96. The maximum Gasteiger partial charge on any atom is 0.407 e. The number of fused-ring (bicyclic) bond motifs is 3. The summed E-state index contributed by atoms with van der Waals surface area (Å²) in [6.07, 6.45) is -0.835. The number of thioether (sulfide) groups is 1. The van der Waals surface area contributed by atoms with Crippen LogP contribution >= 0.6 is 11.8 Å². The van der Waals surface area contributed by atoms with Gasteiger partial charge in [0.2, 0.25) is 0 Å². The maximum absolute atomic E-state index is 13.2. The number of amides is 1. The third-order valence-electron chi connectivity index (χ3n) is 7.87. The van der Waals surface area contributed by atoms with E-state index in [1.54, 1.807) is 0 Å². The molecule has 0 saturated heterocycles. The Morgan fingerprint density at radius 3 is 2.16 bits per heavy atom. The molecule has 7 nitrogen and oxygen atoms in total. The third-order valence-corrected chi connectivity index (χ3v) is 13.7. The van der Waals surface area contributed by atoms with Crippen LogP contribution in [0.1, 0.15) is 44.7 Å². The van der Waals surface area contributed by atoms with Crippen molar-refractivity contribution in [2.24, 2.45) is 4.99 Å². The van der Waals surface area contributed by atoms with Crippen LogP contribution in [0.2, 0.25) is 18.1 Å². The van der Waals surface area contributed by atoms with Crippen LogP contribution in [0.4, 0.5) is 4.79 Å². The van der Waals surface area contributed by atoms with Gasteiger partial charge in [-0.3, -0.25) is 4.99 Å². The summed E-state index contributed by atoms with van der Waals surface area (Å²) < 4.78 is 17.4. The lowest BCUT2D eigenvalue weighted by Crippen LogP contribution is -2.52. The topological polar surface area (TPSA) is 86.2 Å². The highest BCUT2D eigenvalue weighted by atomic mass is 32.2. The second-order valence-corrected chi connectivity index (χ2v) is 15.6. The molecule has 0 bridgehead atoms. The molecule has 0 spiro atoms. The molecule has 1 aliphatic heterocycles. The number of esters is 1. The van der Waals surface area contributed by atoms with Crippen LogP contribution < -0.4 is 5.32 Å². The molecule has 1 aliphatic carbocycles. The Kier molecular flexibility index (Phi) is 9.33. The average Bonchev–Trinajstić information content (AvgIpc) is 3.56. The zero-order valence-corrected chi connectivity index (χ0v) is 24.7. The standard InChI is InChI=1S/C29H38N2O5SSi/c1-6-38(7-2,8-3)36-19(4)26(27-30-25(18-37-27)28(32)34-5)31-29(33)35-17-24-22-15-11-9-13-20(22)21-14-10-12-16-23(21)24/h9-16,19,24-26H,6-8,17-18H2,1-5H3,(H,31,33)/t19-,25-,26+/m1/s1. The number of carbonyl (C=O) groups is 2. The number of aliphatic imine (C=N–C) groups is 1. The lowest BCUT2D eigenvalue weighted by Gasteiger charge is -2.35. The fourth-order valence-electron chi connectivity index (χ4n) is 5.43. The average molecular weight is 555 g/mol. The molecule has 2 aromatic carbocycles. The largest absolute Gasteiger partial charge is 0.467 e. The summed E-state index contributed by atoms with van der Waals surface area (Å²) in [6, 6.07) is 18.4. The highest BCUT2D eigenvalue weighted by molar-refractivity contribution is 8.14. The predicted molar refractivity (Wildman–Crippen MR) is 155 cm³/mol. The smallest absolute Gasteiger partial charge is 0.407 e. The lowest BCUT2D eigenvalue weighted by atomic mass is 9.98. The van der Waals surface area contributed by atoms with Crippen molar-refractivity contribution in [2.45, 2.75) is 69.9 Å². The second kappa shape index (κ2) is 12.5. The van der Waals surface area contributed by atoms with Gasteiger partial charge in [-0.05, 0) is 47.3 Å². The van der Waals surface area contributed by atoms with Gasteiger partial charge >= 0.3 is 12.1 Å². The van der Waals surface area contributed by atoms with Crippen molar-refractivity contribution in [3.05, 3.63) is 59.7 Å². The van der Waals surface area contributed by atoms with Crippen LogP contribution in [-0.4, -0.2) is 63.1 Å². The van der Waals surface area contributed by atoms with Crippen molar-refractivity contribution in [1.82, 2.24) is 5.32 Å². The number of hydrogen-bond acceptors (Lipinski definition) is 7. The molecule has 2 aromatic rings. The van der Waals surface area contributed by atoms with Gasteiger partial charge in [0.15, 0.2) is 14.4 Å². The van der Waals surface area contributed by atoms with Crippen LogP contribution in [0.15, 0.2) is 53.5 Å². The zero-order valence-electron chi connectivity index (χ0n) is 22.9. The van der Waals surface area contributed by atoms with Gasteiger partial charge in [0.25, 0.3) is 0 Å². The summed E-state index contributed by atoms with van der Waals surface area (Å²) in [6.45, 7) is 8.73. The second-order valence-electron chi connectivity index (χ2n) is 9.83. The summed E-state index contributed by atoms with van der Waals surface area (Å²) in [5.74, 6) is 0.0815. The molecule has 0 radical (unpaired) electrons. The van der Waals surface area contributed by atoms with E-state index < -0.39 is 26.5 Å². The molecule has 4 rings (SSSR count). The number of nitrogens with zero attached hydrogens (tertiary/aromatic N) is 1. The maximum atomic E-state index is 13.2. The normalized spacial score (nSPS) is 18.2. The monoisotopic (exact) mass is 554 g/mol. The van der Waals surface area contributed by atoms with Gasteiger partial charge in [0.1, 0.15) is 12.6 Å². The van der Waals surface area contributed by atoms with E-state index in [-0.39, 0.29) is 24.6 Å². The minimum Gasteiger partial charge on any atom is -0.467 e. The number of hydrogen-bond donors (Lipinski definition) is 1. The first-order valence-electron chi connectivity index (χ1n) is 13.4. The molecule has 2 aliphatic rings. The molecule has 38 heavy (non-hydrogen) atoms. The molecular weight excluding hydrogens is 516 g/mol. The predicted octanol–water partition coefficient (Wildman–Crippen LogP) is 5.99. The Morgan fingerprint density at radius 1 is 1.03 bits per heavy atom. The number of rotatable bonds is 11. The Hall–Kier alpha value is -2.62. The third kappa shape index (κ3) is 5.84. The quantitative estimate of drug-likeness (QED) is 0.271. The zero-order chi connectivity index (χ0) is 27.3. The number of benzene rings is 2. The Bertz CT molecular complexity index is 1130. The first-order valence-corrected chi connectivity index (χ1v) is 17.0.